The molecule has 0 bridgehead atoms. The van der Waals surface area contributed by atoms with E-state index in [1.807, 2.05) is 43.3 Å². The third kappa shape index (κ3) is 6.12. The minimum absolute atomic E-state index is 0.168. The van der Waals surface area contributed by atoms with Crippen LogP contribution in [0.2, 0.25) is 5.04 Å². The van der Waals surface area contributed by atoms with Crippen molar-refractivity contribution in [1.29, 1.82) is 0 Å². The standard InChI is InChI=1S/C26H39O5PSi/c1-8-29-32(28,30-9-2)22(4)25(27)21(3)20-31-33(26(5,6)7,23-16-12-10-13-17-23)24-18-14-11-15-19-24/h10-19,21-22H,8-9,20H2,1-7H3/t21-,22?/m0/s1. The molecular formula is C26H39O5PSi. The Labute approximate surface area is 200 Å². The second kappa shape index (κ2) is 11.7. The Balaban J connectivity index is 2.40. The maximum atomic E-state index is 13.3. The maximum absolute atomic E-state index is 13.3. The average molecular weight is 491 g/mol. The molecule has 0 aliphatic heterocycles. The molecule has 0 saturated carbocycles. The molecule has 182 valence electrons. The molecule has 0 saturated heterocycles. The summed E-state index contributed by atoms with van der Waals surface area (Å²) >= 11 is 0. The molecule has 0 fully saturated rings. The number of rotatable bonds is 12. The molecule has 0 spiro atoms. The molecule has 0 aliphatic carbocycles. The first-order valence-corrected chi connectivity index (χ1v) is 15.2. The lowest BCUT2D eigenvalue weighted by Crippen LogP contribution is -2.67. The highest BCUT2D eigenvalue weighted by Crippen LogP contribution is 2.53. The number of carbonyl (C=O) groups excluding carboxylic acids is 1. The first-order chi connectivity index (χ1) is 15.5. The van der Waals surface area contributed by atoms with Crippen molar-refractivity contribution in [3.63, 3.8) is 0 Å². The van der Waals surface area contributed by atoms with Crippen LogP contribution in [0.5, 0.6) is 0 Å². The van der Waals surface area contributed by atoms with Crippen LogP contribution < -0.4 is 10.4 Å². The normalized spacial score (nSPS) is 14.6. The van der Waals surface area contributed by atoms with Crippen LogP contribution in [0.4, 0.5) is 0 Å². The summed E-state index contributed by atoms with van der Waals surface area (Å²) in [6.45, 7) is 14.2. The Hall–Kier alpha value is -1.56. The van der Waals surface area contributed by atoms with E-state index in [4.69, 9.17) is 13.5 Å². The van der Waals surface area contributed by atoms with Crippen molar-refractivity contribution >= 4 is 32.1 Å². The summed E-state index contributed by atoms with van der Waals surface area (Å²) in [7, 11) is -6.28. The fourth-order valence-electron chi connectivity index (χ4n) is 4.28. The van der Waals surface area contributed by atoms with Gasteiger partial charge in [0.25, 0.3) is 8.32 Å². The van der Waals surface area contributed by atoms with Crippen LogP contribution in [-0.2, 0) is 22.8 Å². The fraction of sp³-hybridized carbons (Fsp3) is 0.500. The van der Waals surface area contributed by atoms with Crippen molar-refractivity contribution in [3.05, 3.63) is 60.7 Å². The van der Waals surface area contributed by atoms with E-state index >= 15 is 0 Å². The number of Topliss-reactive ketones (excluding diaryl/α,β-unsaturated/α-hetero) is 1. The van der Waals surface area contributed by atoms with Crippen LogP contribution in [0.25, 0.3) is 0 Å². The molecule has 2 aromatic rings. The van der Waals surface area contributed by atoms with Crippen LogP contribution in [0.1, 0.15) is 48.5 Å². The summed E-state index contributed by atoms with van der Waals surface area (Å²) in [4.78, 5) is 13.3. The first-order valence-electron chi connectivity index (χ1n) is 11.7. The van der Waals surface area contributed by atoms with E-state index in [0.29, 0.717) is 0 Å². The topological polar surface area (TPSA) is 61.8 Å². The first kappa shape index (κ1) is 27.7. The molecule has 1 unspecified atom stereocenters. The zero-order chi connectivity index (χ0) is 24.7. The number of hydrogen-bond donors (Lipinski definition) is 0. The molecule has 5 nitrogen and oxygen atoms in total. The van der Waals surface area contributed by atoms with Gasteiger partial charge in [0.1, 0.15) is 5.66 Å². The summed E-state index contributed by atoms with van der Waals surface area (Å²) < 4.78 is 30.9. The monoisotopic (exact) mass is 490 g/mol. The fourth-order valence-corrected chi connectivity index (χ4v) is 10.7. The zero-order valence-corrected chi connectivity index (χ0v) is 22.9. The third-order valence-electron chi connectivity index (χ3n) is 5.96. The van der Waals surface area contributed by atoms with Gasteiger partial charge >= 0.3 is 7.60 Å². The van der Waals surface area contributed by atoms with Gasteiger partial charge in [-0.15, -0.1) is 0 Å². The minimum atomic E-state index is -3.53. The third-order valence-corrected chi connectivity index (χ3v) is 13.4. The van der Waals surface area contributed by atoms with Crippen molar-refractivity contribution in [2.75, 3.05) is 19.8 Å². The molecule has 0 amide bonds. The molecule has 0 N–H and O–H groups in total. The van der Waals surface area contributed by atoms with Crippen molar-refractivity contribution in [2.24, 2.45) is 5.92 Å². The lowest BCUT2D eigenvalue weighted by molar-refractivity contribution is -0.123. The Morgan fingerprint density at radius 2 is 1.30 bits per heavy atom. The van der Waals surface area contributed by atoms with Gasteiger partial charge in [-0.05, 0) is 36.2 Å². The highest BCUT2D eigenvalue weighted by atomic mass is 31.2. The molecule has 2 rings (SSSR count). The summed E-state index contributed by atoms with van der Waals surface area (Å²) in [5, 5.41) is 2.13. The van der Waals surface area contributed by atoms with Gasteiger partial charge in [-0.25, -0.2) is 0 Å². The highest BCUT2D eigenvalue weighted by molar-refractivity contribution is 7.55. The summed E-state index contributed by atoms with van der Waals surface area (Å²) in [5.74, 6) is -0.631. The zero-order valence-electron chi connectivity index (χ0n) is 21.0. The van der Waals surface area contributed by atoms with Crippen LogP contribution in [0.3, 0.4) is 0 Å². The summed E-state index contributed by atoms with van der Waals surface area (Å²) in [6.07, 6.45) is 0. The Kier molecular flexibility index (Phi) is 9.83. The Bertz CT molecular complexity index is 877. The molecule has 0 aliphatic rings. The molecule has 0 aromatic heterocycles. The van der Waals surface area contributed by atoms with Crippen molar-refractivity contribution in [1.82, 2.24) is 0 Å². The largest absolute Gasteiger partial charge is 0.407 e. The second-order valence-corrected chi connectivity index (χ2v) is 16.0. The quantitative estimate of drug-likeness (QED) is 0.294. The Morgan fingerprint density at radius 1 is 0.879 bits per heavy atom. The van der Waals surface area contributed by atoms with Gasteiger partial charge in [-0.1, -0.05) is 88.4 Å². The van der Waals surface area contributed by atoms with Crippen LogP contribution in [0.15, 0.2) is 60.7 Å². The lowest BCUT2D eigenvalue weighted by atomic mass is 10.1. The van der Waals surface area contributed by atoms with Gasteiger partial charge in [0.15, 0.2) is 5.78 Å². The smallest absolute Gasteiger partial charge is 0.340 e. The van der Waals surface area contributed by atoms with Crippen molar-refractivity contribution in [3.8, 4) is 0 Å². The number of benzene rings is 2. The van der Waals surface area contributed by atoms with Gasteiger partial charge < -0.3 is 13.5 Å². The molecular weight excluding hydrogens is 451 g/mol. The van der Waals surface area contributed by atoms with E-state index < -0.39 is 27.5 Å². The molecule has 0 radical (unpaired) electrons. The highest BCUT2D eigenvalue weighted by Gasteiger charge is 2.50. The van der Waals surface area contributed by atoms with Gasteiger partial charge in [-0.2, -0.15) is 0 Å². The van der Waals surface area contributed by atoms with E-state index in [1.54, 1.807) is 20.8 Å². The molecule has 0 heterocycles. The van der Waals surface area contributed by atoms with Crippen LogP contribution in [-0.4, -0.2) is 39.6 Å². The van der Waals surface area contributed by atoms with Gasteiger partial charge in [0, 0.05) is 12.5 Å². The van der Waals surface area contributed by atoms with E-state index in [-0.39, 0.29) is 30.6 Å². The number of ketones is 1. The van der Waals surface area contributed by atoms with E-state index in [2.05, 4.69) is 45.0 Å². The Morgan fingerprint density at radius 3 is 1.67 bits per heavy atom. The predicted molar refractivity (Wildman–Crippen MR) is 138 cm³/mol. The second-order valence-electron chi connectivity index (χ2n) is 9.33. The molecule has 2 aromatic carbocycles. The SMILES string of the molecule is CCOP(=O)(OCC)C(C)C(=O)[C@@H](C)CO[Si](c1ccccc1)(c1ccccc1)C(C)(C)C. The summed E-state index contributed by atoms with van der Waals surface area (Å²) in [5.41, 5.74) is -0.852. The number of hydrogen-bond acceptors (Lipinski definition) is 5. The average Bonchev–Trinajstić information content (AvgIpc) is 2.79. The van der Waals surface area contributed by atoms with Crippen LogP contribution >= 0.6 is 7.60 Å². The van der Waals surface area contributed by atoms with E-state index in [9.17, 15) is 9.36 Å². The van der Waals surface area contributed by atoms with Crippen molar-refractivity contribution < 1.29 is 22.8 Å². The van der Waals surface area contributed by atoms with Crippen molar-refractivity contribution in [2.45, 2.75) is 59.2 Å². The summed E-state index contributed by atoms with van der Waals surface area (Å²) in [6, 6.07) is 20.6. The van der Waals surface area contributed by atoms with Crippen LogP contribution in [0, 0.1) is 5.92 Å². The van der Waals surface area contributed by atoms with E-state index in [1.165, 1.54) is 0 Å². The molecule has 2 atom stereocenters. The predicted octanol–water partition coefficient (Wildman–Crippen LogP) is 5.42. The van der Waals surface area contributed by atoms with Gasteiger partial charge in [0.05, 0.1) is 13.2 Å². The number of carbonyl (C=O) groups is 1. The lowest BCUT2D eigenvalue weighted by Gasteiger charge is -2.43. The molecule has 7 heteroatoms. The maximum Gasteiger partial charge on any atom is 0.340 e. The van der Waals surface area contributed by atoms with Gasteiger partial charge in [0.2, 0.25) is 0 Å². The minimum Gasteiger partial charge on any atom is -0.407 e. The van der Waals surface area contributed by atoms with E-state index in [0.717, 1.165) is 10.4 Å². The molecule has 33 heavy (non-hydrogen) atoms. The van der Waals surface area contributed by atoms with Gasteiger partial charge in [-0.3, -0.25) is 9.36 Å².